The van der Waals surface area contributed by atoms with Crippen LogP contribution in [0.2, 0.25) is 0 Å². The van der Waals surface area contributed by atoms with Gasteiger partial charge < -0.3 is 15.2 Å². The average molecular weight is 321 g/mol. The van der Waals surface area contributed by atoms with Crippen LogP contribution in [-0.2, 0) is 0 Å². The SMILES string of the molecule is Cc1cc(NC(=O)c2ccc(NC(=O)c3ccccc3)cc2)no1. The van der Waals surface area contributed by atoms with Crippen LogP contribution in [0.4, 0.5) is 11.5 Å². The van der Waals surface area contributed by atoms with Crippen molar-refractivity contribution in [3.05, 3.63) is 77.6 Å². The minimum atomic E-state index is -0.302. The second-order valence-electron chi connectivity index (χ2n) is 5.17. The number of carbonyl (C=O) groups is 2. The molecule has 0 aliphatic rings. The largest absolute Gasteiger partial charge is 0.360 e. The van der Waals surface area contributed by atoms with E-state index in [0.717, 1.165) is 0 Å². The molecule has 0 fully saturated rings. The summed E-state index contributed by atoms with van der Waals surface area (Å²) >= 11 is 0. The van der Waals surface area contributed by atoms with Crippen LogP contribution in [0.1, 0.15) is 26.5 Å². The Morgan fingerprint density at radius 2 is 1.50 bits per heavy atom. The van der Waals surface area contributed by atoms with E-state index in [9.17, 15) is 9.59 Å². The van der Waals surface area contributed by atoms with E-state index in [1.165, 1.54) is 0 Å². The first-order valence-electron chi connectivity index (χ1n) is 7.33. The molecule has 120 valence electrons. The van der Waals surface area contributed by atoms with Crippen molar-refractivity contribution in [1.82, 2.24) is 5.16 Å². The first kappa shape index (κ1) is 15.5. The third-order valence-electron chi connectivity index (χ3n) is 3.31. The summed E-state index contributed by atoms with van der Waals surface area (Å²) in [7, 11) is 0. The lowest BCUT2D eigenvalue weighted by molar-refractivity contribution is 0.101. The maximum absolute atomic E-state index is 12.1. The Hall–Kier alpha value is -3.41. The third kappa shape index (κ3) is 3.67. The standard InChI is InChI=1S/C18H15N3O3/c1-12-11-16(21-24-12)20-18(23)14-7-9-15(10-8-14)19-17(22)13-5-3-2-4-6-13/h2-11H,1H3,(H,19,22)(H,20,21,23). The summed E-state index contributed by atoms with van der Waals surface area (Å²) in [6, 6.07) is 17.1. The number of rotatable bonds is 4. The highest BCUT2D eigenvalue weighted by Gasteiger charge is 2.10. The molecule has 0 saturated heterocycles. The van der Waals surface area contributed by atoms with Gasteiger partial charge in [-0.2, -0.15) is 0 Å². The number of aryl methyl sites for hydroxylation is 1. The van der Waals surface area contributed by atoms with E-state index in [2.05, 4.69) is 15.8 Å². The number of nitrogens with one attached hydrogen (secondary N) is 2. The molecule has 0 bridgehead atoms. The van der Waals surface area contributed by atoms with Gasteiger partial charge >= 0.3 is 0 Å². The molecule has 0 unspecified atom stereocenters. The summed E-state index contributed by atoms with van der Waals surface area (Å²) in [6.07, 6.45) is 0. The lowest BCUT2D eigenvalue weighted by Gasteiger charge is -2.06. The third-order valence-corrected chi connectivity index (χ3v) is 3.31. The van der Waals surface area contributed by atoms with E-state index < -0.39 is 0 Å². The second-order valence-corrected chi connectivity index (χ2v) is 5.17. The number of anilines is 2. The highest BCUT2D eigenvalue weighted by atomic mass is 16.5. The van der Waals surface area contributed by atoms with Crippen molar-refractivity contribution in [2.24, 2.45) is 0 Å². The van der Waals surface area contributed by atoms with Gasteiger partial charge in [-0.05, 0) is 43.3 Å². The van der Waals surface area contributed by atoms with Crippen molar-refractivity contribution in [3.63, 3.8) is 0 Å². The average Bonchev–Trinajstić information content (AvgIpc) is 3.01. The van der Waals surface area contributed by atoms with E-state index in [0.29, 0.717) is 28.4 Å². The van der Waals surface area contributed by atoms with Crippen molar-refractivity contribution < 1.29 is 14.1 Å². The summed E-state index contributed by atoms with van der Waals surface area (Å²) in [6.45, 7) is 1.74. The molecule has 2 N–H and O–H groups in total. The number of nitrogens with zero attached hydrogens (tertiary/aromatic N) is 1. The fourth-order valence-corrected chi connectivity index (χ4v) is 2.11. The number of carbonyl (C=O) groups excluding carboxylic acids is 2. The van der Waals surface area contributed by atoms with Crippen LogP contribution in [0, 0.1) is 6.92 Å². The summed E-state index contributed by atoms with van der Waals surface area (Å²) in [5.41, 5.74) is 1.63. The van der Waals surface area contributed by atoms with Gasteiger partial charge in [0.25, 0.3) is 11.8 Å². The summed E-state index contributed by atoms with van der Waals surface area (Å²) in [4.78, 5) is 24.2. The van der Waals surface area contributed by atoms with Crippen molar-refractivity contribution in [2.45, 2.75) is 6.92 Å². The van der Waals surface area contributed by atoms with Crippen molar-refractivity contribution in [1.29, 1.82) is 0 Å². The van der Waals surface area contributed by atoms with Crippen LogP contribution in [0.25, 0.3) is 0 Å². The number of aromatic nitrogens is 1. The molecule has 24 heavy (non-hydrogen) atoms. The fourth-order valence-electron chi connectivity index (χ4n) is 2.11. The Morgan fingerprint density at radius 1 is 0.875 bits per heavy atom. The van der Waals surface area contributed by atoms with E-state index in [-0.39, 0.29) is 11.8 Å². The number of benzene rings is 2. The fraction of sp³-hybridized carbons (Fsp3) is 0.0556. The maximum atomic E-state index is 12.1. The zero-order valence-electron chi connectivity index (χ0n) is 12.9. The van der Waals surface area contributed by atoms with Gasteiger partial charge in [-0.3, -0.25) is 9.59 Å². The first-order valence-corrected chi connectivity index (χ1v) is 7.33. The van der Waals surface area contributed by atoms with Gasteiger partial charge in [-0.15, -0.1) is 0 Å². The molecule has 0 radical (unpaired) electrons. The van der Waals surface area contributed by atoms with Gasteiger partial charge in [0.1, 0.15) is 5.76 Å². The lowest BCUT2D eigenvalue weighted by atomic mass is 10.1. The minimum Gasteiger partial charge on any atom is -0.360 e. The Balaban J connectivity index is 1.64. The highest BCUT2D eigenvalue weighted by molar-refractivity contribution is 6.06. The molecule has 2 aromatic carbocycles. The van der Waals surface area contributed by atoms with Crippen LogP contribution in [0.3, 0.4) is 0 Å². The molecule has 3 rings (SSSR count). The Labute approximate surface area is 138 Å². The second kappa shape index (κ2) is 6.78. The van der Waals surface area contributed by atoms with E-state index in [1.807, 2.05) is 6.07 Å². The monoisotopic (exact) mass is 321 g/mol. The predicted octanol–water partition coefficient (Wildman–Crippen LogP) is 3.49. The summed E-state index contributed by atoms with van der Waals surface area (Å²) in [5.74, 6) is 0.471. The Bertz CT molecular complexity index is 855. The van der Waals surface area contributed by atoms with Crippen molar-refractivity contribution >= 4 is 23.3 Å². The van der Waals surface area contributed by atoms with Crippen LogP contribution < -0.4 is 10.6 Å². The zero-order valence-corrected chi connectivity index (χ0v) is 12.9. The summed E-state index contributed by atoms with van der Waals surface area (Å²) in [5, 5.41) is 9.12. The number of amides is 2. The van der Waals surface area contributed by atoms with Gasteiger partial charge in [0, 0.05) is 22.9 Å². The van der Waals surface area contributed by atoms with Gasteiger partial charge in [0.2, 0.25) is 0 Å². The zero-order chi connectivity index (χ0) is 16.9. The van der Waals surface area contributed by atoms with E-state index in [4.69, 9.17) is 4.52 Å². The molecule has 6 nitrogen and oxygen atoms in total. The normalized spacial score (nSPS) is 10.2. The molecule has 1 heterocycles. The Kier molecular flexibility index (Phi) is 4.38. The molecule has 0 spiro atoms. The molecule has 6 heteroatoms. The smallest absolute Gasteiger partial charge is 0.256 e. The predicted molar refractivity (Wildman–Crippen MR) is 90.0 cm³/mol. The van der Waals surface area contributed by atoms with Gasteiger partial charge in [0.05, 0.1) is 0 Å². The van der Waals surface area contributed by atoms with Crippen molar-refractivity contribution in [2.75, 3.05) is 10.6 Å². The molecule has 3 aromatic rings. The first-order chi connectivity index (χ1) is 11.6. The van der Waals surface area contributed by atoms with Gasteiger partial charge in [-0.25, -0.2) is 0 Å². The molecule has 1 aromatic heterocycles. The van der Waals surface area contributed by atoms with E-state index in [1.54, 1.807) is 61.5 Å². The molecule has 0 aliphatic carbocycles. The summed E-state index contributed by atoms with van der Waals surface area (Å²) < 4.78 is 4.89. The molecular weight excluding hydrogens is 306 g/mol. The van der Waals surface area contributed by atoms with Crippen LogP contribution in [0.15, 0.2) is 65.2 Å². The van der Waals surface area contributed by atoms with Gasteiger partial charge in [0.15, 0.2) is 5.82 Å². The molecule has 2 amide bonds. The maximum Gasteiger partial charge on any atom is 0.256 e. The quantitative estimate of drug-likeness (QED) is 0.770. The van der Waals surface area contributed by atoms with Crippen LogP contribution >= 0.6 is 0 Å². The Morgan fingerprint density at radius 3 is 2.12 bits per heavy atom. The lowest BCUT2D eigenvalue weighted by Crippen LogP contribution is -2.13. The van der Waals surface area contributed by atoms with Crippen LogP contribution in [0.5, 0.6) is 0 Å². The van der Waals surface area contributed by atoms with Crippen LogP contribution in [-0.4, -0.2) is 17.0 Å². The minimum absolute atomic E-state index is 0.203. The van der Waals surface area contributed by atoms with Gasteiger partial charge in [-0.1, -0.05) is 23.4 Å². The van der Waals surface area contributed by atoms with Crippen molar-refractivity contribution in [3.8, 4) is 0 Å². The molecule has 0 saturated carbocycles. The molecule has 0 aliphatic heterocycles. The number of hydrogen-bond donors (Lipinski definition) is 2. The highest BCUT2D eigenvalue weighted by Crippen LogP contribution is 2.14. The topological polar surface area (TPSA) is 84.2 Å². The molecule has 0 atom stereocenters. The number of hydrogen-bond acceptors (Lipinski definition) is 4. The van der Waals surface area contributed by atoms with E-state index >= 15 is 0 Å². The molecular formula is C18H15N3O3.